The van der Waals surface area contributed by atoms with Gasteiger partial charge in [0.25, 0.3) is 5.78 Å². The maximum atomic E-state index is 9.97. The van der Waals surface area contributed by atoms with Crippen molar-refractivity contribution in [2.75, 3.05) is 36.0 Å². The van der Waals surface area contributed by atoms with Crippen molar-refractivity contribution in [3.63, 3.8) is 0 Å². The van der Waals surface area contributed by atoms with Gasteiger partial charge in [0, 0.05) is 32.4 Å². The van der Waals surface area contributed by atoms with Gasteiger partial charge in [-0.2, -0.15) is 14.6 Å². The highest BCUT2D eigenvalue weighted by atomic mass is 16.3. The molecule has 3 heterocycles. The summed E-state index contributed by atoms with van der Waals surface area (Å²) in [5.74, 6) is 1.94. The molecular weight excluding hydrogens is 280 g/mol. The van der Waals surface area contributed by atoms with Gasteiger partial charge in [-0.3, -0.25) is 0 Å². The largest absolute Gasteiger partial charge is 0.506 e. The summed E-state index contributed by atoms with van der Waals surface area (Å²) in [5.41, 5.74) is 0.891. The van der Waals surface area contributed by atoms with Crippen LogP contribution in [0.3, 0.4) is 0 Å². The number of anilines is 2. The predicted molar refractivity (Wildman–Crippen MR) is 83.3 cm³/mol. The molecule has 3 aromatic rings. The van der Waals surface area contributed by atoms with E-state index in [9.17, 15) is 5.11 Å². The number of piperazine rings is 1. The molecule has 0 bridgehead atoms. The number of aromatic nitrogens is 4. The molecule has 22 heavy (non-hydrogen) atoms. The molecule has 0 saturated carbocycles. The van der Waals surface area contributed by atoms with Gasteiger partial charge in [0.2, 0.25) is 0 Å². The molecule has 0 aliphatic carbocycles. The molecule has 1 aliphatic rings. The summed E-state index contributed by atoms with van der Waals surface area (Å²) < 4.78 is 1.76. The Morgan fingerprint density at radius 1 is 0.909 bits per heavy atom. The van der Waals surface area contributed by atoms with Crippen LogP contribution in [0.2, 0.25) is 0 Å². The van der Waals surface area contributed by atoms with Gasteiger partial charge in [-0.05, 0) is 18.2 Å². The van der Waals surface area contributed by atoms with Gasteiger partial charge < -0.3 is 14.9 Å². The molecule has 1 saturated heterocycles. The molecule has 1 aliphatic heterocycles. The van der Waals surface area contributed by atoms with Gasteiger partial charge in [-0.15, -0.1) is 0 Å². The van der Waals surface area contributed by atoms with Crippen LogP contribution in [0.25, 0.3) is 5.78 Å². The van der Waals surface area contributed by atoms with E-state index in [-0.39, 0.29) is 0 Å². The van der Waals surface area contributed by atoms with Gasteiger partial charge >= 0.3 is 0 Å². The van der Waals surface area contributed by atoms with Gasteiger partial charge in [0.15, 0.2) is 0 Å². The van der Waals surface area contributed by atoms with E-state index in [1.54, 1.807) is 16.8 Å². The second-order valence-corrected chi connectivity index (χ2v) is 5.24. The summed E-state index contributed by atoms with van der Waals surface area (Å²) >= 11 is 0. The van der Waals surface area contributed by atoms with Crippen molar-refractivity contribution in [3.8, 4) is 5.75 Å². The lowest BCUT2D eigenvalue weighted by molar-refractivity contribution is 0.472. The zero-order valence-electron chi connectivity index (χ0n) is 12.0. The highest BCUT2D eigenvalue weighted by molar-refractivity contribution is 5.59. The fourth-order valence-electron chi connectivity index (χ4n) is 2.87. The lowest BCUT2D eigenvalue weighted by Crippen LogP contribution is -2.47. The molecule has 1 N–H and O–H groups in total. The quantitative estimate of drug-likeness (QED) is 0.765. The molecule has 7 heteroatoms. The van der Waals surface area contributed by atoms with Crippen molar-refractivity contribution in [2.45, 2.75) is 0 Å². The molecule has 2 aromatic heterocycles. The third kappa shape index (κ3) is 2.11. The third-order valence-electron chi connectivity index (χ3n) is 3.99. The molecule has 112 valence electrons. The number of hydrogen-bond donors (Lipinski definition) is 1. The maximum Gasteiger partial charge on any atom is 0.254 e. The Balaban J connectivity index is 1.55. The summed E-state index contributed by atoms with van der Waals surface area (Å²) in [4.78, 5) is 12.8. The standard InChI is InChI=1S/C15H16N6O/c22-13-4-2-1-3-12(13)19-7-9-20(10-8-19)14-5-6-16-15-17-11-18-21(14)15/h1-6,11,22H,7-10H2. The first kappa shape index (κ1) is 12.9. The van der Waals surface area contributed by atoms with Crippen molar-refractivity contribution < 1.29 is 5.11 Å². The van der Waals surface area contributed by atoms with Gasteiger partial charge in [0.1, 0.15) is 17.9 Å². The second kappa shape index (κ2) is 5.18. The average molecular weight is 296 g/mol. The number of benzene rings is 1. The van der Waals surface area contributed by atoms with Crippen LogP contribution >= 0.6 is 0 Å². The topological polar surface area (TPSA) is 69.8 Å². The molecule has 0 unspecified atom stereocenters. The molecular formula is C15H16N6O. The van der Waals surface area contributed by atoms with Crippen LogP contribution in [-0.2, 0) is 0 Å². The Labute approximate surface area is 127 Å². The Bertz CT molecular complexity index is 793. The van der Waals surface area contributed by atoms with Crippen molar-refractivity contribution in [1.29, 1.82) is 0 Å². The molecule has 0 spiro atoms. The van der Waals surface area contributed by atoms with Crippen molar-refractivity contribution in [2.24, 2.45) is 0 Å². The molecule has 7 nitrogen and oxygen atoms in total. The van der Waals surface area contributed by atoms with E-state index in [4.69, 9.17) is 0 Å². The lowest BCUT2D eigenvalue weighted by Gasteiger charge is -2.37. The lowest BCUT2D eigenvalue weighted by atomic mass is 10.2. The van der Waals surface area contributed by atoms with Crippen molar-refractivity contribution in [3.05, 3.63) is 42.9 Å². The second-order valence-electron chi connectivity index (χ2n) is 5.24. The van der Waals surface area contributed by atoms with E-state index in [1.807, 2.05) is 24.3 Å². The smallest absolute Gasteiger partial charge is 0.254 e. The Morgan fingerprint density at radius 3 is 2.50 bits per heavy atom. The molecule has 0 atom stereocenters. The zero-order valence-corrected chi connectivity index (χ0v) is 12.0. The van der Waals surface area contributed by atoms with Gasteiger partial charge in [-0.25, -0.2) is 4.98 Å². The summed E-state index contributed by atoms with van der Waals surface area (Å²) in [7, 11) is 0. The van der Waals surface area contributed by atoms with Crippen LogP contribution in [0.4, 0.5) is 11.5 Å². The summed E-state index contributed by atoms with van der Waals surface area (Å²) in [5, 5.41) is 14.2. The van der Waals surface area contributed by atoms with Crippen LogP contribution in [0, 0.1) is 0 Å². The van der Waals surface area contributed by atoms with Crippen molar-refractivity contribution in [1.82, 2.24) is 19.6 Å². The summed E-state index contributed by atoms with van der Waals surface area (Å²) in [6.07, 6.45) is 3.28. The Kier molecular flexibility index (Phi) is 3.03. The molecule has 0 amide bonds. The zero-order chi connectivity index (χ0) is 14.9. The molecule has 1 aromatic carbocycles. The van der Waals surface area contributed by atoms with Gasteiger partial charge in [0.05, 0.1) is 5.69 Å². The third-order valence-corrected chi connectivity index (χ3v) is 3.99. The number of fused-ring (bicyclic) bond motifs is 1. The van der Waals surface area contributed by atoms with Crippen LogP contribution in [-0.4, -0.2) is 50.9 Å². The van der Waals surface area contributed by atoms with E-state index in [1.165, 1.54) is 6.33 Å². The predicted octanol–water partition coefficient (Wildman–Crippen LogP) is 1.16. The van der Waals surface area contributed by atoms with Crippen LogP contribution in [0.1, 0.15) is 0 Å². The number of phenolic OH excluding ortho intramolecular Hbond substituents is 1. The van der Waals surface area contributed by atoms with Crippen molar-refractivity contribution >= 4 is 17.3 Å². The first-order valence-electron chi connectivity index (χ1n) is 7.25. The van der Waals surface area contributed by atoms with Crippen LogP contribution in [0.5, 0.6) is 5.75 Å². The molecule has 4 rings (SSSR count). The maximum absolute atomic E-state index is 9.97. The highest BCUT2D eigenvalue weighted by Gasteiger charge is 2.21. The number of nitrogens with zero attached hydrogens (tertiary/aromatic N) is 6. The number of aromatic hydroxyl groups is 1. The Hall–Kier alpha value is -2.83. The van der Waals surface area contributed by atoms with E-state index in [0.717, 1.165) is 37.7 Å². The minimum Gasteiger partial charge on any atom is -0.506 e. The fraction of sp³-hybridized carbons (Fsp3) is 0.267. The number of para-hydroxylation sites is 2. The molecule has 1 fully saturated rings. The van der Waals surface area contributed by atoms with Crippen LogP contribution in [0.15, 0.2) is 42.9 Å². The van der Waals surface area contributed by atoms with Crippen LogP contribution < -0.4 is 9.80 Å². The van der Waals surface area contributed by atoms with E-state index in [0.29, 0.717) is 11.5 Å². The number of phenols is 1. The van der Waals surface area contributed by atoms with E-state index >= 15 is 0 Å². The van der Waals surface area contributed by atoms with E-state index in [2.05, 4.69) is 24.9 Å². The first-order chi connectivity index (χ1) is 10.8. The van der Waals surface area contributed by atoms with Gasteiger partial charge in [-0.1, -0.05) is 12.1 Å². The van der Waals surface area contributed by atoms with E-state index < -0.39 is 0 Å². The number of hydrogen-bond acceptors (Lipinski definition) is 6. The minimum atomic E-state index is 0.332. The Morgan fingerprint density at radius 2 is 1.68 bits per heavy atom. The monoisotopic (exact) mass is 296 g/mol. The summed E-state index contributed by atoms with van der Waals surface area (Å²) in [6, 6.07) is 9.42. The SMILES string of the molecule is Oc1ccccc1N1CCN(c2ccnc3ncnn23)CC1. The fourth-order valence-corrected chi connectivity index (χ4v) is 2.87. The first-order valence-corrected chi connectivity index (χ1v) is 7.25. The highest BCUT2D eigenvalue weighted by Crippen LogP contribution is 2.28. The molecule has 0 radical (unpaired) electrons. The summed E-state index contributed by atoms with van der Waals surface area (Å²) in [6.45, 7) is 3.40. The average Bonchev–Trinajstić information content (AvgIpc) is 3.04. The normalized spacial score (nSPS) is 15.5. The number of rotatable bonds is 2. The minimum absolute atomic E-state index is 0.332.